The van der Waals surface area contributed by atoms with Crippen molar-refractivity contribution < 1.29 is 4.74 Å². The van der Waals surface area contributed by atoms with Crippen molar-refractivity contribution in [3.63, 3.8) is 0 Å². The number of nitrogens with one attached hydrogen (secondary N) is 1. The first-order valence-electron chi connectivity index (χ1n) is 6.03. The largest absolute Gasteiger partial charge is 0.373 e. The van der Waals surface area contributed by atoms with E-state index < -0.39 is 0 Å². The summed E-state index contributed by atoms with van der Waals surface area (Å²) in [5, 5.41) is 3.47. The van der Waals surface area contributed by atoms with Gasteiger partial charge in [0.1, 0.15) is 0 Å². The third kappa shape index (κ3) is 6.25. The molecule has 0 saturated heterocycles. The zero-order valence-corrected chi connectivity index (χ0v) is 11.1. The van der Waals surface area contributed by atoms with Crippen LogP contribution < -0.4 is 5.32 Å². The van der Waals surface area contributed by atoms with Gasteiger partial charge >= 0.3 is 0 Å². The van der Waals surface area contributed by atoms with Crippen LogP contribution in [0.25, 0.3) is 0 Å². The molecular weight excluding hydrogens is 210 g/mol. The maximum Gasteiger partial charge on any atom is 0.0721 e. The van der Waals surface area contributed by atoms with E-state index in [9.17, 15) is 0 Å². The van der Waals surface area contributed by atoms with Crippen LogP contribution in [0.2, 0.25) is 0 Å². The van der Waals surface area contributed by atoms with E-state index in [1.807, 2.05) is 0 Å². The SMILES string of the molecule is C=CCOCc1ccc(CNC(C)(C)C)cc1. The summed E-state index contributed by atoms with van der Waals surface area (Å²) in [7, 11) is 0. The summed E-state index contributed by atoms with van der Waals surface area (Å²) in [6, 6.07) is 8.52. The van der Waals surface area contributed by atoms with E-state index in [4.69, 9.17) is 4.74 Å². The van der Waals surface area contributed by atoms with Crippen LogP contribution in [-0.2, 0) is 17.9 Å². The molecular formula is C15H23NO. The second-order valence-corrected chi connectivity index (χ2v) is 5.22. The fourth-order valence-corrected chi connectivity index (χ4v) is 1.38. The molecule has 0 fully saturated rings. The Bertz CT molecular complexity index is 335. The zero-order valence-electron chi connectivity index (χ0n) is 11.1. The Morgan fingerprint density at radius 2 is 1.76 bits per heavy atom. The van der Waals surface area contributed by atoms with Gasteiger partial charge in [-0.15, -0.1) is 6.58 Å². The topological polar surface area (TPSA) is 21.3 Å². The van der Waals surface area contributed by atoms with E-state index in [2.05, 4.69) is 56.9 Å². The van der Waals surface area contributed by atoms with E-state index in [0.717, 1.165) is 6.54 Å². The summed E-state index contributed by atoms with van der Waals surface area (Å²) in [6.45, 7) is 12.3. The van der Waals surface area contributed by atoms with Gasteiger partial charge in [-0.1, -0.05) is 30.3 Å². The average Bonchev–Trinajstić information content (AvgIpc) is 2.27. The maximum atomic E-state index is 5.39. The Morgan fingerprint density at radius 3 is 2.29 bits per heavy atom. The van der Waals surface area contributed by atoms with Gasteiger partial charge in [0.05, 0.1) is 13.2 Å². The molecule has 0 aliphatic carbocycles. The first kappa shape index (κ1) is 13.9. The fourth-order valence-electron chi connectivity index (χ4n) is 1.38. The molecule has 0 aliphatic rings. The molecule has 0 bridgehead atoms. The number of ether oxygens (including phenoxy) is 1. The molecule has 2 heteroatoms. The predicted octanol–water partition coefficient (Wildman–Crippen LogP) is 3.28. The molecule has 0 spiro atoms. The highest BCUT2D eigenvalue weighted by Gasteiger charge is 2.07. The lowest BCUT2D eigenvalue weighted by Gasteiger charge is -2.20. The van der Waals surface area contributed by atoms with Gasteiger partial charge in [0.2, 0.25) is 0 Å². The van der Waals surface area contributed by atoms with Gasteiger partial charge in [0.25, 0.3) is 0 Å². The van der Waals surface area contributed by atoms with Crippen molar-refractivity contribution in [2.75, 3.05) is 6.61 Å². The van der Waals surface area contributed by atoms with Gasteiger partial charge in [-0.25, -0.2) is 0 Å². The lowest BCUT2D eigenvalue weighted by atomic mass is 10.1. The summed E-state index contributed by atoms with van der Waals surface area (Å²) >= 11 is 0. The molecule has 0 aromatic heterocycles. The smallest absolute Gasteiger partial charge is 0.0721 e. The summed E-state index contributed by atoms with van der Waals surface area (Å²) in [4.78, 5) is 0. The van der Waals surface area contributed by atoms with E-state index in [0.29, 0.717) is 13.2 Å². The van der Waals surface area contributed by atoms with E-state index in [-0.39, 0.29) is 5.54 Å². The van der Waals surface area contributed by atoms with Crippen LogP contribution in [-0.4, -0.2) is 12.1 Å². The average molecular weight is 233 g/mol. The number of benzene rings is 1. The number of hydrogen-bond acceptors (Lipinski definition) is 2. The molecule has 17 heavy (non-hydrogen) atoms. The van der Waals surface area contributed by atoms with Crippen LogP contribution in [0.5, 0.6) is 0 Å². The Balaban J connectivity index is 2.42. The maximum absolute atomic E-state index is 5.39. The van der Waals surface area contributed by atoms with Crippen molar-refractivity contribution in [3.8, 4) is 0 Å². The summed E-state index contributed by atoms with van der Waals surface area (Å²) in [6.07, 6.45) is 1.77. The van der Waals surface area contributed by atoms with Gasteiger partial charge in [-0.3, -0.25) is 0 Å². The molecule has 0 atom stereocenters. The molecule has 0 unspecified atom stereocenters. The Labute approximate surface area is 105 Å². The van der Waals surface area contributed by atoms with Gasteiger partial charge in [0, 0.05) is 12.1 Å². The van der Waals surface area contributed by atoms with Crippen molar-refractivity contribution in [3.05, 3.63) is 48.0 Å². The van der Waals surface area contributed by atoms with Gasteiger partial charge in [0.15, 0.2) is 0 Å². The standard InChI is InChI=1S/C15H23NO/c1-5-10-17-12-14-8-6-13(7-9-14)11-16-15(2,3)4/h5-9,16H,1,10-12H2,2-4H3. The van der Waals surface area contributed by atoms with Crippen molar-refractivity contribution >= 4 is 0 Å². The van der Waals surface area contributed by atoms with Crippen molar-refractivity contribution in [1.82, 2.24) is 5.32 Å². The second kappa shape index (κ2) is 6.58. The summed E-state index contributed by atoms with van der Waals surface area (Å²) in [5.41, 5.74) is 2.66. The first-order valence-corrected chi connectivity index (χ1v) is 6.03. The van der Waals surface area contributed by atoms with Crippen LogP contribution in [0.15, 0.2) is 36.9 Å². The monoisotopic (exact) mass is 233 g/mol. The highest BCUT2D eigenvalue weighted by Crippen LogP contribution is 2.08. The van der Waals surface area contributed by atoms with Crippen LogP contribution in [0.4, 0.5) is 0 Å². The van der Waals surface area contributed by atoms with Gasteiger partial charge < -0.3 is 10.1 Å². The predicted molar refractivity (Wildman–Crippen MR) is 72.9 cm³/mol. The normalized spacial score (nSPS) is 11.5. The van der Waals surface area contributed by atoms with E-state index >= 15 is 0 Å². The molecule has 0 radical (unpaired) electrons. The zero-order chi connectivity index (χ0) is 12.7. The molecule has 1 aromatic rings. The molecule has 0 amide bonds. The van der Waals surface area contributed by atoms with Crippen molar-refractivity contribution in [1.29, 1.82) is 0 Å². The molecule has 94 valence electrons. The minimum absolute atomic E-state index is 0.158. The van der Waals surface area contributed by atoms with E-state index in [1.165, 1.54) is 11.1 Å². The van der Waals surface area contributed by atoms with Crippen LogP contribution in [0.1, 0.15) is 31.9 Å². The minimum atomic E-state index is 0.158. The minimum Gasteiger partial charge on any atom is -0.373 e. The molecule has 1 rings (SSSR count). The van der Waals surface area contributed by atoms with Crippen LogP contribution in [0, 0.1) is 0 Å². The van der Waals surface area contributed by atoms with E-state index in [1.54, 1.807) is 6.08 Å². The number of rotatable bonds is 6. The second-order valence-electron chi connectivity index (χ2n) is 5.22. The molecule has 1 aromatic carbocycles. The Morgan fingerprint density at radius 1 is 1.18 bits per heavy atom. The molecule has 0 aliphatic heterocycles. The number of hydrogen-bond donors (Lipinski definition) is 1. The third-order valence-corrected chi connectivity index (χ3v) is 2.35. The van der Waals surface area contributed by atoms with Gasteiger partial charge in [-0.05, 0) is 31.9 Å². The molecule has 2 nitrogen and oxygen atoms in total. The fraction of sp³-hybridized carbons (Fsp3) is 0.467. The Hall–Kier alpha value is -1.12. The van der Waals surface area contributed by atoms with Gasteiger partial charge in [-0.2, -0.15) is 0 Å². The Kier molecular flexibility index (Phi) is 5.39. The van der Waals surface area contributed by atoms with Crippen LogP contribution in [0.3, 0.4) is 0 Å². The van der Waals surface area contributed by atoms with Crippen molar-refractivity contribution in [2.24, 2.45) is 0 Å². The lowest BCUT2D eigenvalue weighted by molar-refractivity contribution is 0.149. The summed E-state index contributed by atoms with van der Waals surface area (Å²) in [5.74, 6) is 0. The highest BCUT2D eigenvalue weighted by molar-refractivity contribution is 5.22. The molecule has 1 N–H and O–H groups in total. The van der Waals surface area contributed by atoms with Crippen LogP contribution >= 0.6 is 0 Å². The quantitative estimate of drug-likeness (QED) is 0.601. The molecule has 0 heterocycles. The third-order valence-electron chi connectivity index (χ3n) is 2.35. The lowest BCUT2D eigenvalue weighted by Crippen LogP contribution is -2.35. The summed E-state index contributed by atoms with van der Waals surface area (Å²) < 4.78 is 5.39. The highest BCUT2D eigenvalue weighted by atomic mass is 16.5. The molecule has 0 saturated carbocycles. The van der Waals surface area contributed by atoms with Crippen molar-refractivity contribution in [2.45, 2.75) is 39.5 Å². The first-order chi connectivity index (χ1) is 8.01.